The molecule has 1 aromatic rings. The van der Waals surface area contributed by atoms with Crippen molar-refractivity contribution in [2.24, 2.45) is 0 Å². The summed E-state index contributed by atoms with van der Waals surface area (Å²) in [6.45, 7) is 1.61. The molecule has 66 valence electrons. The molecule has 0 bridgehead atoms. The highest BCUT2D eigenvalue weighted by Gasteiger charge is 2.14. The van der Waals surface area contributed by atoms with E-state index in [-0.39, 0.29) is 10.6 Å². The van der Waals surface area contributed by atoms with Crippen LogP contribution >= 0.6 is 34.2 Å². The maximum absolute atomic E-state index is 12.3. The van der Waals surface area contributed by atoms with Gasteiger partial charge in [-0.1, -0.05) is 11.6 Å². The van der Waals surface area contributed by atoms with Crippen LogP contribution in [0.3, 0.4) is 0 Å². The molecule has 0 aromatic carbocycles. The van der Waals surface area contributed by atoms with E-state index in [9.17, 15) is 8.78 Å². The van der Waals surface area contributed by atoms with Crippen LogP contribution < -0.4 is 0 Å². The molecule has 1 heterocycles. The Kier molecular flexibility index (Phi) is 3.22. The highest BCUT2D eigenvalue weighted by Crippen LogP contribution is 2.29. The normalized spacial score (nSPS) is 10.8. The van der Waals surface area contributed by atoms with Crippen LogP contribution in [0.5, 0.6) is 0 Å². The molecular weight excluding hydrogens is 298 g/mol. The van der Waals surface area contributed by atoms with E-state index in [2.05, 4.69) is 4.98 Å². The lowest BCUT2D eigenvalue weighted by molar-refractivity contribution is 0.151. The highest BCUT2D eigenvalue weighted by atomic mass is 127. The van der Waals surface area contributed by atoms with Crippen molar-refractivity contribution in [3.63, 3.8) is 0 Å². The van der Waals surface area contributed by atoms with E-state index < -0.39 is 6.43 Å². The summed E-state index contributed by atoms with van der Waals surface area (Å²) >= 11 is 7.49. The third-order valence-corrected chi connectivity index (χ3v) is 2.40. The molecule has 0 saturated heterocycles. The van der Waals surface area contributed by atoms with Gasteiger partial charge in [0.25, 0.3) is 6.43 Å². The van der Waals surface area contributed by atoms with Gasteiger partial charge >= 0.3 is 0 Å². The number of hydrogen-bond donors (Lipinski definition) is 0. The Hall–Kier alpha value is 0.0300. The lowest BCUT2D eigenvalue weighted by Gasteiger charge is -2.05. The minimum Gasteiger partial charge on any atom is -0.246 e. The molecule has 0 aliphatic carbocycles. The van der Waals surface area contributed by atoms with Gasteiger partial charge in [0.2, 0.25) is 0 Å². The summed E-state index contributed by atoms with van der Waals surface area (Å²) in [5.41, 5.74) is 0.299. The van der Waals surface area contributed by atoms with Crippen molar-refractivity contribution in [1.82, 2.24) is 4.98 Å². The standard InChI is InChI=1S/C7H5ClF2IN/c1-3-6(8)4(7(9)10)2-5(11)12-3/h2,7H,1H3. The zero-order valence-electron chi connectivity index (χ0n) is 6.11. The van der Waals surface area contributed by atoms with Gasteiger partial charge in [0.15, 0.2) is 0 Å². The van der Waals surface area contributed by atoms with Crippen LogP contribution in [0.25, 0.3) is 0 Å². The van der Waals surface area contributed by atoms with Crippen molar-refractivity contribution in [2.45, 2.75) is 13.3 Å². The van der Waals surface area contributed by atoms with Crippen molar-refractivity contribution in [1.29, 1.82) is 0 Å². The van der Waals surface area contributed by atoms with Crippen LogP contribution in [-0.4, -0.2) is 4.98 Å². The van der Waals surface area contributed by atoms with Crippen LogP contribution in [0, 0.1) is 10.6 Å². The number of alkyl halides is 2. The maximum atomic E-state index is 12.3. The summed E-state index contributed by atoms with van der Waals surface area (Å²) in [6, 6.07) is 1.29. The van der Waals surface area contributed by atoms with Gasteiger partial charge in [-0.25, -0.2) is 13.8 Å². The first-order valence-corrected chi connectivity index (χ1v) is 4.58. The lowest BCUT2D eigenvalue weighted by atomic mass is 10.2. The number of nitrogens with zero attached hydrogens (tertiary/aromatic N) is 1. The first-order chi connectivity index (χ1) is 5.52. The van der Waals surface area contributed by atoms with Gasteiger partial charge in [-0.05, 0) is 35.6 Å². The Bertz CT molecular complexity index is 304. The van der Waals surface area contributed by atoms with E-state index in [0.29, 0.717) is 9.39 Å². The van der Waals surface area contributed by atoms with Crippen molar-refractivity contribution >= 4 is 34.2 Å². The van der Waals surface area contributed by atoms with Crippen molar-refractivity contribution in [3.05, 3.63) is 26.0 Å². The SMILES string of the molecule is Cc1nc(I)cc(C(F)F)c1Cl. The Balaban J connectivity index is 3.28. The van der Waals surface area contributed by atoms with Gasteiger partial charge in [-0.3, -0.25) is 0 Å². The summed E-state index contributed by atoms with van der Waals surface area (Å²) in [4.78, 5) is 3.94. The Morgan fingerprint density at radius 2 is 2.17 bits per heavy atom. The van der Waals surface area contributed by atoms with E-state index in [0.717, 1.165) is 0 Å². The van der Waals surface area contributed by atoms with Gasteiger partial charge in [0.1, 0.15) is 3.70 Å². The Morgan fingerprint density at radius 3 is 2.67 bits per heavy atom. The van der Waals surface area contributed by atoms with Crippen LogP contribution in [0.2, 0.25) is 5.02 Å². The molecule has 1 rings (SSSR count). The van der Waals surface area contributed by atoms with E-state index in [1.807, 2.05) is 22.6 Å². The second-order valence-corrected chi connectivity index (χ2v) is 3.72. The molecule has 0 saturated carbocycles. The summed E-state index contributed by atoms with van der Waals surface area (Å²) < 4.78 is 25.1. The zero-order valence-corrected chi connectivity index (χ0v) is 9.03. The van der Waals surface area contributed by atoms with Crippen molar-refractivity contribution in [3.8, 4) is 0 Å². The zero-order chi connectivity index (χ0) is 9.30. The second kappa shape index (κ2) is 3.83. The van der Waals surface area contributed by atoms with Crippen LogP contribution in [0.15, 0.2) is 6.07 Å². The molecule has 5 heteroatoms. The molecule has 0 spiro atoms. The van der Waals surface area contributed by atoms with Crippen LogP contribution in [0.4, 0.5) is 8.78 Å². The molecule has 0 aliphatic heterocycles. The smallest absolute Gasteiger partial charge is 0.246 e. The van der Waals surface area contributed by atoms with Crippen LogP contribution in [0.1, 0.15) is 17.7 Å². The molecule has 1 aromatic heterocycles. The number of halogens is 4. The molecule has 0 fully saturated rings. The average molecular weight is 303 g/mol. The summed E-state index contributed by atoms with van der Waals surface area (Å²) in [5, 5.41) is 0.0606. The minimum atomic E-state index is -2.53. The van der Waals surface area contributed by atoms with E-state index in [1.165, 1.54) is 6.07 Å². The Morgan fingerprint density at radius 1 is 1.58 bits per heavy atom. The topological polar surface area (TPSA) is 12.9 Å². The predicted molar refractivity (Wildman–Crippen MR) is 51.7 cm³/mol. The number of rotatable bonds is 1. The number of aryl methyl sites for hydroxylation is 1. The third-order valence-electron chi connectivity index (χ3n) is 1.36. The Labute approximate surface area is 87.3 Å². The molecule has 0 radical (unpaired) electrons. The second-order valence-electron chi connectivity index (χ2n) is 2.23. The highest BCUT2D eigenvalue weighted by molar-refractivity contribution is 14.1. The number of pyridine rings is 1. The molecule has 0 atom stereocenters. The first kappa shape index (κ1) is 10.1. The molecule has 0 N–H and O–H groups in total. The summed E-state index contributed by atoms with van der Waals surface area (Å²) in [5.74, 6) is 0. The summed E-state index contributed by atoms with van der Waals surface area (Å²) in [6.07, 6.45) is -2.53. The maximum Gasteiger partial charge on any atom is 0.265 e. The molecular formula is C7H5ClF2IN. The van der Waals surface area contributed by atoms with E-state index in [4.69, 9.17) is 11.6 Å². The van der Waals surface area contributed by atoms with Crippen molar-refractivity contribution < 1.29 is 8.78 Å². The van der Waals surface area contributed by atoms with Gasteiger partial charge in [0, 0.05) is 5.56 Å². The molecule has 0 amide bonds. The fourth-order valence-electron chi connectivity index (χ4n) is 0.801. The van der Waals surface area contributed by atoms with Gasteiger partial charge in [0.05, 0.1) is 10.7 Å². The number of aromatic nitrogens is 1. The molecule has 0 unspecified atom stereocenters. The number of hydrogen-bond acceptors (Lipinski definition) is 1. The third kappa shape index (κ3) is 2.04. The van der Waals surface area contributed by atoms with Gasteiger partial charge in [-0.15, -0.1) is 0 Å². The quantitative estimate of drug-likeness (QED) is 0.571. The molecule has 1 nitrogen and oxygen atoms in total. The molecule has 12 heavy (non-hydrogen) atoms. The van der Waals surface area contributed by atoms with E-state index in [1.54, 1.807) is 6.92 Å². The van der Waals surface area contributed by atoms with Gasteiger partial charge < -0.3 is 0 Å². The van der Waals surface area contributed by atoms with Crippen LogP contribution in [-0.2, 0) is 0 Å². The molecule has 0 aliphatic rings. The largest absolute Gasteiger partial charge is 0.265 e. The fraction of sp³-hybridized carbons (Fsp3) is 0.286. The first-order valence-electron chi connectivity index (χ1n) is 3.13. The minimum absolute atomic E-state index is 0.0606. The van der Waals surface area contributed by atoms with Gasteiger partial charge in [-0.2, -0.15) is 0 Å². The monoisotopic (exact) mass is 303 g/mol. The van der Waals surface area contributed by atoms with E-state index >= 15 is 0 Å². The predicted octanol–water partition coefficient (Wildman–Crippen LogP) is 3.59. The lowest BCUT2D eigenvalue weighted by Crippen LogP contribution is -1.94. The average Bonchev–Trinajstić information content (AvgIpc) is 1.96. The fourth-order valence-corrected chi connectivity index (χ4v) is 1.68. The van der Waals surface area contributed by atoms with Crippen molar-refractivity contribution in [2.75, 3.05) is 0 Å². The summed E-state index contributed by atoms with van der Waals surface area (Å²) in [7, 11) is 0.